The van der Waals surface area contributed by atoms with E-state index in [-0.39, 0.29) is 12.8 Å². The molecule has 0 aromatic heterocycles. The van der Waals surface area contributed by atoms with Gasteiger partial charge in [-0.05, 0) is 44.9 Å². The van der Waals surface area contributed by atoms with Crippen molar-refractivity contribution in [2.45, 2.75) is 316 Å². The molecule has 4 rings (SSSR count). The van der Waals surface area contributed by atoms with Gasteiger partial charge in [0.2, 0.25) is 0 Å². The third-order valence-corrected chi connectivity index (χ3v) is 17.6. The number of hydrogen-bond acceptors (Lipinski definition) is 27. The smallest absolute Gasteiger partial charge is 0.462 e. The second-order valence-electron chi connectivity index (χ2n) is 24.0. The highest BCUT2D eigenvalue weighted by molar-refractivity contribution is 7.47. The molecule has 4 fully saturated rings. The first kappa shape index (κ1) is 80.2. The number of aliphatic hydroxyl groups is 14. The minimum Gasteiger partial charge on any atom is -0.462 e. The number of phosphoric ester groups is 1. The maximum atomic E-state index is 14.3. The second-order valence-corrected chi connectivity index (χ2v) is 25.4. The van der Waals surface area contributed by atoms with Crippen LogP contribution in [0.15, 0.2) is 24.3 Å². The molecule has 10 unspecified atom stereocenters. The lowest BCUT2D eigenvalue weighted by Crippen LogP contribution is -2.69. The Morgan fingerprint density at radius 2 is 0.833 bits per heavy atom. The Hall–Kier alpha value is -2.27. The predicted octanol–water partition coefficient (Wildman–Crippen LogP) is 1.53. The number of unbranched alkanes of at least 4 members (excludes halogenated alkanes) is 20. The Morgan fingerprint density at radius 3 is 1.32 bits per heavy atom. The van der Waals surface area contributed by atoms with Gasteiger partial charge in [0.25, 0.3) is 0 Å². The molecular weight excluding hydrogens is 1210 g/mol. The average molecular weight is 1320 g/mol. The number of hydrogen-bond donors (Lipinski definition) is 15. The zero-order chi connectivity index (χ0) is 66.2. The standard InChI is InChI=1S/C61H109O28P/c1-3-5-7-9-11-13-15-17-18-20-21-23-25-27-29-31-42(64)80-35-38(83-43(65)32-30-28-26-24-22-19-16-14-12-10-8-6-4-2)36-82-90(78,79)89-58-56(87-60-54(76)48(70)45(67)40(34-63)85-60)51(73)50(72)52(74)57(58)88-61-55(77)49(71)46(68)41(86-61)37-81-59-53(75)47(69)44(66)39(33-62)84-59/h11,13,17-18,38-41,44-63,66-77H,3-10,12,14-16,19-37H2,1-2H3,(H,78,79)/b13-11-,18-17-/t38-,39?,40?,41?,44+,45-,46+,47?,48?,49?,50+,51?,52?,53+,54-,55+,56-,57?,58+,59-,60-,61+/m1/s1. The Labute approximate surface area is 528 Å². The molecule has 90 heavy (non-hydrogen) atoms. The van der Waals surface area contributed by atoms with Crippen molar-refractivity contribution in [3.8, 4) is 0 Å². The number of allylic oxidation sites excluding steroid dienone is 4. The van der Waals surface area contributed by atoms with Crippen LogP contribution in [-0.2, 0) is 61.1 Å². The first-order valence-corrected chi connectivity index (χ1v) is 34.2. The fourth-order valence-corrected chi connectivity index (χ4v) is 12.0. The monoisotopic (exact) mass is 1320 g/mol. The number of esters is 2. The summed E-state index contributed by atoms with van der Waals surface area (Å²) >= 11 is 0. The van der Waals surface area contributed by atoms with Crippen LogP contribution in [-0.4, -0.2) is 256 Å². The van der Waals surface area contributed by atoms with E-state index in [1.54, 1.807) is 0 Å². The maximum Gasteiger partial charge on any atom is 0.472 e. The van der Waals surface area contributed by atoms with Gasteiger partial charge in [0.15, 0.2) is 25.0 Å². The first-order chi connectivity index (χ1) is 43.1. The van der Waals surface area contributed by atoms with Crippen molar-refractivity contribution in [1.29, 1.82) is 0 Å². The summed E-state index contributed by atoms with van der Waals surface area (Å²) in [6.45, 7) is 0.0127. The maximum absolute atomic E-state index is 14.3. The molecule has 3 heterocycles. The van der Waals surface area contributed by atoms with E-state index in [9.17, 15) is 90.5 Å². The highest BCUT2D eigenvalue weighted by Crippen LogP contribution is 2.49. The summed E-state index contributed by atoms with van der Waals surface area (Å²) < 4.78 is 69.8. The minimum atomic E-state index is -5.75. The number of carbonyl (C=O) groups is 2. The largest absolute Gasteiger partial charge is 0.472 e. The third-order valence-electron chi connectivity index (χ3n) is 16.6. The molecule has 28 nitrogen and oxygen atoms in total. The van der Waals surface area contributed by atoms with Crippen LogP contribution in [0.2, 0.25) is 0 Å². The average Bonchev–Trinajstić information content (AvgIpc) is 0.786. The van der Waals surface area contributed by atoms with Crippen LogP contribution >= 0.6 is 7.82 Å². The van der Waals surface area contributed by atoms with E-state index in [4.69, 9.17) is 46.9 Å². The van der Waals surface area contributed by atoms with Gasteiger partial charge in [0, 0.05) is 12.8 Å². The van der Waals surface area contributed by atoms with Crippen molar-refractivity contribution in [2.24, 2.45) is 0 Å². The molecule has 0 aromatic carbocycles. The van der Waals surface area contributed by atoms with E-state index in [1.165, 1.54) is 64.2 Å². The fraction of sp³-hybridized carbons (Fsp3) is 0.902. The summed E-state index contributed by atoms with van der Waals surface area (Å²) in [4.78, 5) is 37.9. The Balaban J connectivity index is 1.49. The van der Waals surface area contributed by atoms with Crippen LogP contribution < -0.4 is 0 Å². The molecule has 4 aliphatic rings. The molecular formula is C61H109O28P. The number of carbonyl (C=O) groups excluding carboxylic acids is 2. The van der Waals surface area contributed by atoms with Gasteiger partial charge in [-0.2, -0.15) is 0 Å². The van der Waals surface area contributed by atoms with Crippen LogP contribution in [0.1, 0.15) is 181 Å². The predicted molar refractivity (Wildman–Crippen MR) is 319 cm³/mol. The van der Waals surface area contributed by atoms with Gasteiger partial charge in [-0.15, -0.1) is 0 Å². The Morgan fingerprint density at radius 1 is 0.444 bits per heavy atom. The quantitative estimate of drug-likeness (QED) is 0.0178. The molecule has 23 atom stereocenters. The molecule has 526 valence electrons. The van der Waals surface area contributed by atoms with Crippen LogP contribution in [0.5, 0.6) is 0 Å². The van der Waals surface area contributed by atoms with Crippen molar-refractivity contribution in [3.63, 3.8) is 0 Å². The van der Waals surface area contributed by atoms with E-state index in [0.29, 0.717) is 19.3 Å². The van der Waals surface area contributed by atoms with Crippen LogP contribution in [0.25, 0.3) is 0 Å². The lowest BCUT2D eigenvalue weighted by Gasteiger charge is -2.49. The van der Waals surface area contributed by atoms with Crippen LogP contribution in [0.4, 0.5) is 0 Å². The van der Waals surface area contributed by atoms with Crippen molar-refractivity contribution < 1.29 is 137 Å². The van der Waals surface area contributed by atoms with Gasteiger partial charge >= 0.3 is 19.8 Å². The Kier molecular flexibility index (Phi) is 39.0. The summed E-state index contributed by atoms with van der Waals surface area (Å²) in [5.74, 6) is -1.42. The molecule has 29 heteroatoms. The summed E-state index contributed by atoms with van der Waals surface area (Å²) in [6.07, 6.45) is -12.6. The fourth-order valence-electron chi connectivity index (χ4n) is 11.0. The van der Waals surface area contributed by atoms with Crippen LogP contribution in [0, 0.1) is 0 Å². The lowest BCUT2D eigenvalue weighted by atomic mass is 9.84. The summed E-state index contributed by atoms with van der Waals surface area (Å²) in [5.41, 5.74) is 0. The molecule has 3 saturated heterocycles. The van der Waals surface area contributed by atoms with Gasteiger partial charge < -0.3 is 114 Å². The molecule has 3 aliphatic heterocycles. The van der Waals surface area contributed by atoms with Crippen LogP contribution in [0.3, 0.4) is 0 Å². The first-order valence-electron chi connectivity index (χ1n) is 32.7. The van der Waals surface area contributed by atoms with Gasteiger partial charge in [-0.3, -0.25) is 18.6 Å². The van der Waals surface area contributed by atoms with E-state index in [2.05, 4.69) is 38.2 Å². The SMILES string of the molecule is CCCCC/C=C\C/C=C\CCCCCCCC(=O)OC[C@H](COP(=O)(O)O[C@@H]1C(O[C@@H]2OC(CO[C@@H]3OC(CO)[C@H](O)C(O)[C@@H]3O)[C@H](O)C(O)[C@@H]2O)C(O)[C@@H](O)C(O)[C@H]1O[C@H]1OC(CO)[C@@H](O)C(O)[C@H]1O)OC(=O)CCCCCCCCCCCCCCC. The lowest BCUT2D eigenvalue weighted by molar-refractivity contribution is -0.364. The molecule has 15 N–H and O–H groups in total. The highest BCUT2D eigenvalue weighted by atomic mass is 31.2. The molecule has 0 radical (unpaired) electrons. The van der Waals surface area contributed by atoms with Crippen molar-refractivity contribution >= 4 is 19.8 Å². The van der Waals surface area contributed by atoms with E-state index >= 15 is 0 Å². The third kappa shape index (κ3) is 27.1. The zero-order valence-corrected chi connectivity index (χ0v) is 53.3. The summed E-state index contributed by atoms with van der Waals surface area (Å²) in [6, 6.07) is 0. The van der Waals surface area contributed by atoms with E-state index in [0.717, 1.165) is 70.6 Å². The molecule has 1 saturated carbocycles. The van der Waals surface area contributed by atoms with Gasteiger partial charge in [0.05, 0.1) is 26.4 Å². The normalized spacial score (nSPS) is 34.4. The summed E-state index contributed by atoms with van der Waals surface area (Å²) in [5, 5.41) is 150. The molecule has 0 amide bonds. The topological polar surface area (TPSA) is 447 Å². The van der Waals surface area contributed by atoms with Crippen molar-refractivity contribution in [2.75, 3.05) is 33.0 Å². The van der Waals surface area contributed by atoms with Gasteiger partial charge in [-0.25, -0.2) is 4.57 Å². The van der Waals surface area contributed by atoms with Gasteiger partial charge in [0.1, 0.15) is 116 Å². The molecule has 1 aliphatic carbocycles. The molecule has 0 spiro atoms. The number of rotatable bonds is 45. The van der Waals surface area contributed by atoms with Crippen molar-refractivity contribution in [1.82, 2.24) is 0 Å². The van der Waals surface area contributed by atoms with Crippen molar-refractivity contribution in [3.05, 3.63) is 24.3 Å². The number of phosphoric acid groups is 1. The number of ether oxygens (including phenoxy) is 8. The second kappa shape index (κ2) is 43.7. The van der Waals surface area contributed by atoms with E-state index in [1.807, 2.05) is 0 Å². The number of aliphatic hydroxyl groups excluding tert-OH is 14. The molecule has 0 bridgehead atoms. The summed E-state index contributed by atoms with van der Waals surface area (Å²) in [7, 11) is -5.75. The highest BCUT2D eigenvalue weighted by Gasteiger charge is 2.58. The molecule has 0 aromatic rings. The Bertz CT molecular complexity index is 2040. The van der Waals surface area contributed by atoms with Gasteiger partial charge in [-0.1, -0.05) is 147 Å². The minimum absolute atomic E-state index is 0.00338. The zero-order valence-electron chi connectivity index (χ0n) is 52.4. The van der Waals surface area contributed by atoms with E-state index < -0.39 is 188 Å².